The van der Waals surface area contributed by atoms with E-state index in [1.54, 1.807) is 7.11 Å². The first-order valence-electron chi connectivity index (χ1n) is 6.81. The maximum Gasteiger partial charge on any atom is 0.128 e. The Hall–Kier alpha value is -1.22. The summed E-state index contributed by atoms with van der Waals surface area (Å²) in [6.07, 6.45) is 6.50. The zero-order valence-corrected chi connectivity index (χ0v) is 11.3. The predicted octanol–water partition coefficient (Wildman–Crippen LogP) is 3.43. The SMILES string of the molecule is COc1cccc(OC2CCCCC2)c1[C@@H](C)N. The van der Waals surface area contributed by atoms with Crippen molar-refractivity contribution in [3.8, 4) is 11.5 Å². The first-order chi connectivity index (χ1) is 8.72. The fourth-order valence-electron chi connectivity index (χ4n) is 2.62. The fourth-order valence-corrected chi connectivity index (χ4v) is 2.62. The minimum Gasteiger partial charge on any atom is -0.496 e. The van der Waals surface area contributed by atoms with Gasteiger partial charge in [-0.15, -0.1) is 0 Å². The number of hydrogen-bond acceptors (Lipinski definition) is 3. The Bertz CT molecular complexity index is 384. The van der Waals surface area contributed by atoms with Crippen LogP contribution in [0.1, 0.15) is 50.6 Å². The molecule has 0 amide bonds. The second kappa shape index (κ2) is 6.10. The van der Waals surface area contributed by atoms with Crippen LogP contribution in [-0.4, -0.2) is 13.2 Å². The van der Waals surface area contributed by atoms with Crippen LogP contribution in [0.25, 0.3) is 0 Å². The van der Waals surface area contributed by atoms with Gasteiger partial charge in [0.05, 0.1) is 18.8 Å². The molecule has 0 bridgehead atoms. The highest BCUT2D eigenvalue weighted by Gasteiger charge is 2.19. The minimum absolute atomic E-state index is 0.0836. The van der Waals surface area contributed by atoms with Crippen LogP contribution < -0.4 is 15.2 Å². The van der Waals surface area contributed by atoms with E-state index in [0.29, 0.717) is 6.10 Å². The van der Waals surface area contributed by atoms with Gasteiger partial charge in [0.2, 0.25) is 0 Å². The van der Waals surface area contributed by atoms with Crippen LogP contribution in [0.2, 0.25) is 0 Å². The molecule has 0 radical (unpaired) electrons. The van der Waals surface area contributed by atoms with Crippen molar-refractivity contribution in [2.24, 2.45) is 5.73 Å². The molecule has 18 heavy (non-hydrogen) atoms. The third kappa shape index (κ3) is 2.96. The lowest BCUT2D eigenvalue weighted by Gasteiger charge is -2.25. The van der Waals surface area contributed by atoms with Gasteiger partial charge in [-0.2, -0.15) is 0 Å². The van der Waals surface area contributed by atoms with Gasteiger partial charge in [0.15, 0.2) is 0 Å². The molecule has 1 atom stereocenters. The Morgan fingerprint density at radius 3 is 2.44 bits per heavy atom. The van der Waals surface area contributed by atoms with Crippen LogP contribution in [0.15, 0.2) is 18.2 Å². The summed E-state index contributed by atoms with van der Waals surface area (Å²) in [6.45, 7) is 1.96. The Morgan fingerprint density at radius 1 is 1.17 bits per heavy atom. The molecule has 1 aliphatic carbocycles. The predicted molar refractivity (Wildman–Crippen MR) is 73.1 cm³/mol. The van der Waals surface area contributed by atoms with E-state index in [9.17, 15) is 0 Å². The van der Waals surface area contributed by atoms with Crippen LogP contribution in [0, 0.1) is 0 Å². The van der Waals surface area contributed by atoms with Gasteiger partial charge < -0.3 is 15.2 Å². The Morgan fingerprint density at radius 2 is 1.83 bits per heavy atom. The highest BCUT2D eigenvalue weighted by Crippen LogP contribution is 2.35. The lowest BCUT2D eigenvalue weighted by atomic mass is 9.97. The van der Waals surface area contributed by atoms with Crippen molar-refractivity contribution >= 4 is 0 Å². The van der Waals surface area contributed by atoms with Crippen LogP contribution in [0.5, 0.6) is 11.5 Å². The molecule has 1 aromatic carbocycles. The van der Waals surface area contributed by atoms with Crippen LogP contribution in [0.4, 0.5) is 0 Å². The molecule has 1 aliphatic rings. The quantitative estimate of drug-likeness (QED) is 0.889. The van der Waals surface area contributed by atoms with Gasteiger partial charge in [0, 0.05) is 6.04 Å². The Labute approximate surface area is 109 Å². The van der Waals surface area contributed by atoms with Gasteiger partial charge in [0.1, 0.15) is 11.5 Å². The molecule has 0 unspecified atom stereocenters. The van der Waals surface area contributed by atoms with Gasteiger partial charge >= 0.3 is 0 Å². The molecule has 0 heterocycles. The lowest BCUT2D eigenvalue weighted by molar-refractivity contribution is 0.152. The summed E-state index contributed by atoms with van der Waals surface area (Å²) in [7, 11) is 1.67. The van der Waals surface area contributed by atoms with Crippen LogP contribution in [0.3, 0.4) is 0 Å². The summed E-state index contributed by atoms with van der Waals surface area (Å²) in [4.78, 5) is 0. The molecule has 1 aromatic rings. The smallest absolute Gasteiger partial charge is 0.128 e. The van der Waals surface area contributed by atoms with Gasteiger partial charge in [-0.1, -0.05) is 12.5 Å². The Kier molecular flexibility index (Phi) is 4.48. The molecule has 0 aliphatic heterocycles. The van der Waals surface area contributed by atoms with Gasteiger partial charge in [-0.3, -0.25) is 0 Å². The first-order valence-corrected chi connectivity index (χ1v) is 6.81. The zero-order valence-electron chi connectivity index (χ0n) is 11.3. The topological polar surface area (TPSA) is 44.5 Å². The van der Waals surface area contributed by atoms with E-state index in [1.165, 1.54) is 19.3 Å². The minimum atomic E-state index is -0.0836. The molecule has 3 nitrogen and oxygen atoms in total. The maximum absolute atomic E-state index is 6.13. The van der Waals surface area contributed by atoms with E-state index in [2.05, 4.69) is 0 Å². The van der Waals surface area contributed by atoms with Crippen molar-refractivity contribution in [2.45, 2.75) is 51.2 Å². The van der Waals surface area contributed by atoms with Crippen molar-refractivity contribution in [3.05, 3.63) is 23.8 Å². The van der Waals surface area contributed by atoms with E-state index in [1.807, 2.05) is 25.1 Å². The van der Waals surface area contributed by atoms with Crippen molar-refractivity contribution in [1.29, 1.82) is 0 Å². The van der Waals surface area contributed by atoms with E-state index in [4.69, 9.17) is 15.2 Å². The van der Waals surface area contributed by atoms with E-state index >= 15 is 0 Å². The van der Waals surface area contributed by atoms with Gasteiger partial charge in [-0.05, 0) is 44.7 Å². The molecule has 100 valence electrons. The second-order valence-corrected chi connectivity index (χ2v) is 5.04. The van der Waals surface area contributed by atoms with Crippen molar-refractivity contribution in [1.82, 2.24) is 0 Å². The molecule has 3 heteroatoms. The molecule has 1 saturated carbocycles. The molecular formula is C15H23NO2. The summed E-state index contributed by atoms with van der Waals surface area (Å²) in [5.74, 6) is 1.70. The van der Waals surface area contributed by atoms with Gasteiger partial charge in [0.25, 0.3) is 0 Å². The van der Waals surface area contributed by atoms with Crippen LogP contribution in [-0.2, 0) is 0 Å². The molecular weight excluding hydrogens is 226 g/mol. The van der Waals surface area contributed by atoms with Crippen LogP contribution >= 0.6 is 0 Å². The zero-order chi connectivity index (χ0) is 13.0. The molecule has 0 saturated heterocycles. The summed E-state index contributed by atoms with van der Waals surface area (Å²) < 4.78 is 11.5. The normalized spacial score (nSPS) is 18.4. The molecule has 0 aromatic heterocycles. The summed E-state index contributed by atoms with van der Waals surface area (Å²) >= 11 is 0. The molecule has 2 N–H and O–H groups in total. The number of nitrogens with two attached hydrogens (primary N) is 1. The first kappa shape index (κ1) is 13.2. The third-order valence-corrected chi connectivity index (χ3v) is 3.55. The highest BCUT2D eigenvalue weighted by molar-refractivity contribution is 5.46. The Balaban J connectivity index is 2.20. The third-order valence-electron chi connectivity index (χ3n) is 3.55. The molecule has 0 spiro atoms. The average Bonchev–Trinajstić information content (AvgIpc) is 2.39. The number of hydrogen-bond donors (Lipinski definition) is 1. The fraction of sp³-hybridized carbons (Fsp3) is 0.600. The monoisotopic (exact) mass is 249 g/mol. The number of methoxy groups -OCH3 is 1. The number of ether oxygens (including phenoxy) is 2. The van der Waals surface area contributed by atoms with Crippen molar-refractivity contribution in [3.63, 3.8) is 0 Å². The maximum atomic E-state index is 6.13. The number of rotatable bonds is 4. The van der Waals surface area contributed by atoms with Crippen molar-refractivity contribution < 1.29 is 9.47 Å². The number of benzene rings is 1. The molecule has 2 rings (SSSR count). The summed E-state index contributed by atoms with van der Waals surface area (Å²) in [5, 5.41) is 0. The standard InChI is InChI=1S/C15H23NO2/c1-11(16)15-13(17-2)9-6-10-14(15)18-12-7-4-3-5-8-12/h6,9-12H,3-5,7-8,16H2,1-2H3/t11-/m1/s1. The summed E-state index contributed by atoms with van der Waals surface area (Å²) in [5.41, 5.74) is 7.01. The molecule has 1 fully saturated rings. The second-order valence-electron chi connectivity index (χ2n) is 5.04. The van der Waals surface area contributed by atoms with E-state index < -0.39 is 0 Å². The summed E-state index contributed by atoms with van der Waals surface area (Å²) in [6, 6.07) is 5.81. The lowest BCUT2D eigenvalue weighted by Crippen LogP contribution is -2.21. The highest BCUT2D eigenvalue weighted by atomic mass is 16.5. The largest absolute Gasteiger partial charge is 0.496 e. The van der Waals surface area contributed by atoms with Crippen molar-refractivity contribution in [2.75, 3.05) is 7.11 Å². The van der Waals surface area contributed by atoms with E-state index in [0.717, 1.165) is 29.9 Å². The van der Waals surface area contributed by atoms with E-state index in [-0.39, 0.29) is 6.04 Å². The van der Waals surface area contributed by atoms with Gasteiger partial charge in [-0.25, -0.2) is 0 Å². The average molecular weight is 249 g/mol.